The second kappa shape index (κ2) is 7.16. The van der Waals surface area contributed by atoms with Gasteiger partial charge in [-0.15, -0.1) is 0 Å². The van der Waals surface area contributed by atoms with Gasteiger partial charge in [-0.05, 0) is 74.3 Å². The van der Waals surface area contributed by atoms with Crippen LogP contribution in [0.25, 0.3) is 0 Å². The molecule has 0 saturated carbocycles. The molecule has 3 heteroatoms. The SMILES string of the molecule is Clc1ccc2c(c1)Cc1ccccc1N2CCCN1CCCCC1. The molecular weight excluding hydrogens is 316 g/mol. The zero-order valence-corrected chi connectivity index (χ0v) is 14.9. The number of halogens is 1. The van der Waals surface area contributed by atoms with Crippen LogP contribution in [0.4, 0.5) is 11.4 Å². The van der Waals surface area contributed by atoms with E-state index in [0.29, 0.717) is 0 Å². The molecule has 0 amide bonds. The molecule has 2 aliphatic rings. The van der Waals surface area contributed by atoms with E-state index in [0.717, 1.165) is 18.0 Å². The van der Waals surface area contributed by atoms with E-state index in [9.17, 15) is 0 Å². The lowest BCUT2D eigenvalue weighted by Gasteiger charge is -2.34. The van der Waals surface area contributed by atoms with Gasteiger partial charge in [0, 0.05) is 29.4 Å². The minimum atomic E-state index is 0.835. The Morgan fingerprint density at radius 2 is 1.62 bits per heavy atom. The van der Waals surface area contributed by atoms with Crippen LogP contribution < -0.4 is 4.90 Å². The van der Waals surface area contributed by atoms with Crippen LogP contribution >= 0.6 is 11.6 Å². The van der Waals surface area contributed by atoms with Crippen LogP contribution in [0, 0.1) is 0 Å². The maximum Gasteiger partial charge on any atom is 0.0447 e. The zero-order valence-electron chi connectivity index (χ0n) is 14.2. The molecule has 0 spiro atoms. The number of benzene rings is 2. The number of rotatable bonds is 4. The second-order valence-electron chi connectivity index (χ2n) is 6.99. The van der Waals surface area contributed by atoms with E-state index < -0.39 is 0 Å². The van der Waals surface area contributed by atoms with E-state index in [1.165, 1.54) is 67.8 Å². The van der Waals surface area contributed by atoms with E-state index in [1.54, 1.807) is 0 Å². The highest BCUT2D eigenvalue weighted by atomic mass is 35.5. The first-order valence-corrected chi connectivity index (χ1v) is 9.55. The fraction of sp³-hybridized carbons (Fsp3) is 0.429. The van der Waals surface area contributed by atoms with Gasteiger partial charge in [-0.25, -0.2) is 0 Å². The summed E-state index contributed by atoms with van der Waals surface area (Å²) in [7, 11) is 0. The molecule has 2 aromatic carbocycles. The van der Waals surface area contributed by atoms with Gasteiger partial charge >= 0.3 is 0 Å². The van der Waals surface area contributed by atoms with Crippen LogP contribution in [-0.4, -0.2) is 31.1 Å². The van der Waals surface area contributed by atoms with Crippen LogP contribution in [0.1, 0.15) is 36.8 Å². The van der Waals surface area contributed by atoms with Crippen molar-refractivity contribution < 1.29 is 0 Å². The molecule has 126 valence electrons. The Balaban J connectivity index is 1.53. The molecule has 0 aromatic heterocycles. The van der Waals surface area contributed by atoms with Crippen LogP contribution in [-0.2, 0) is 6.42 Å². The normalized spacial score (nSPS) is 17.5. The number of nitrogens with zero attached hydrogens (tertiary/aromatic N) is 2. The van der Waals surface area contributed by atoms with Crippen molar-refractivity contribution in [2.75, 3.05) is 31.1 Å². The van der Waals surface area contributed by atoms with Gasteiger partial charge in [-0.3, -0.25) is 0 Å². The van der Waals surface area contributed by atoms with Gasteiger partial charge in [0.1, 0.15) is 0 Å². The first-order chi connectivity index (χ1) is 11.8. The van der Waals surface area contributed by atoms with Crippen LogP contribution in [0.15, 0.2) is 42.5 Å². The highest BCUT2D eigenvalue weighted by molar-refractivity contribution is 6.30. The van der Waals surface area contributed by atoms with Crippen molar-refractivity contribution in [3.8, 4) is 0 Å². The quantitative estimate of drug-likeness (QED) is 0.749. The van der Waals surface area contributed by atoms with E-state index >= 15 is 0 Å². The molecule has 0 bridgehead atoms. The Bertz CT molecular complexity index is 707. The summed E-state index contributed by atoms with van der Waals surface area (Å²) in [6.45, 7) is 4.84. The van der Waals surface area contributed by atoms with Gasteiger partial charge in [0.15, 0.2) is 0 Å². The molecule has 0 atom stereocenters. The van der Waals surface area contributed by atoms with Crippen molar-refractivity contribution in [2.45, 2.75) is 32.1 Å². The number of para-hydroxylation sites is 1. The maximum absolute atomic E-state index is 6.23. The molecule has 2 aromatic rings. The summed E-state index contributed by atoms with van der Waals surface area (Å²) in [4.78, 5) is 5.12. The molecule has 0 unspecified atom stereocenters. The molecule has 2 nitrogen and oxygen atoms in total. The Kier molecular flexibility index (Phi) is 4.77. The van der Waals surface area contributed by atoms with Gasteiger partial charge in [0.2, 0.25) is 0 Å². The van der Waals surface area contributed by atoms with Gasteiger partial charge in [0.05, 0.1) is 0 Å². The van der Waals surface area contributed by atoms with E-state index in [1.807, 2.05) is 6.07 Å². The van der Waals surface area contributed by atoms with Crippen molar-refractivity contribution >= 4 is 23.0 Å². The fourth-order valence-electron chi connectivity index (χ4n) is 4.09. The monoisotopic (exact) mass is 340 g/mol. The predicted octanol–water partition coefficient (Wildman–Crippen LogP) is 5.26. The summed E-state index contributed by atoms with van der Waals surface area (Å²) in [6.07, 6.45) is 6.33. The molecular formula is C21H25ClN2. The van der Waals surface area contributed by atoms with Crippen LogP contribution in [0.5, 0.6) is 0 Å². The van der Waals surface area contributed by atoms with Crippen molar-refractivity contribution in [3.05, 3.63) is 58.6 Å². The van der Waals surface area contributed by atoms with E-state index in [4.69, 9.17) is 11.6 Å². The molecule has 2 heterocycles. The highest BCUT2D eigenvalue weighted by Gasteiger charge is 2.22. The minimum Gasteiger partial charge on any atom is -0.341 e. The lowest BCUT2D eigenvalue weighted by Crippen LogP contribution is -2.33. The van der Waals surface area contributed by atoms with Gasteiger partial charge < -0.3 is 9.80 Å². The smallest absolute Gasteiger partial charge is 0.0447 e. The summed E-state index contributed by atoms with van der Waals surface area (Å²) in [6, 6.07) is 15.1. The largest absolute Gasteiger partial charge is 0.341 e. The Morgan fingerprint density at radius 3 is 2.50 bits per heavy atom. The minimum absolute atomic E-state index is 0.835. The lowest BCUT2D eigenvalue weighted by molar-refractivity contribution is 0.227. The molecule has 1 fully saturated rings. The maximum atomic E-state index is 6.23. The van der Waals surface area contributed by atoms with Crippen molar-refractivity contribution in [1.29, 1.82) is 0 Å². The molecule has 0 aliphatic carbocycles. The summed E-state index contributed by atoms with van der Waals surface area (Å²) in [5, 5.41) is 0.835. The number of fused-ring (bicyclic) bond motifs is 2. The summed E-state index contributed by atoms with van der Waals surface area (Å²) >= 11 is 6.23. The van der Waals surface area contributed by atoms with E-state index in [2.05, 4.69) is 46.2 Å². The molecule has 4 rings (SSSR count). The van der Waals surface area contributed by atoms with Crippen LogP contribution in [0.2, 0.25) is 5.02 Å². The van der Waals surface area contributed by atoms with Gasteiger partial charge in [-0.2, -0.15) is 0 Å². The fourth-order valence-corrected chi connectivity index (χ4v) is 4.29. The molecule has 2 aliphatic heterocycles. The lowest BCUT2D eigenvalue weighted by atomic mass is 9.95. The highest BCUT2D eigenvalue weighted by Crippen LogP contribution is 2.39. The average Bonchev–Trinajstić information content (AvgIpc) is 2.62. The zero-order chi connectivity index (χ0) is 16.4. The summed E-state index contributed by atoms with van der Waals surface area (Å²) in [5.74, 6) is 0. The second-order valence-corrected chi connectivity index (χ2v) is 7.42. The number of likely N-dealkylation sites (tertiary alicyclic amines) is 1. The standard InChI is InChI=1S/C21H25ClN2/c22-19-9-10-21-18(16-19)15-17-7-2-3-8-20(17)24(21)14-6-13-23-11-4-1-5-12-23/h2-3,7-10,16H,1,4-6,11-15H2. The average molecular weight is 341 g/mol. The number of hydrogen-bond acceptors (Lipinski definition) is 2. The molecule has 24 heavy (non-hydrogen) atoms. The first-order valence-electron chi connectivity index (χ1n) is 9.17. The number of piperidine rings is 1. The van der Waals surface area contributed by atoms with Crippen molar-refractivity contribution in [1.82, 2.24) is 4.90 Å². The summed E-state index contributed by atoms with van der Waals surface area (Å²) in [5.41, 5.74) is 5.45. The third-order valence-electron chi connectivity index (χ3n) is 5.30. The van der Waals surface area contributed by atoms with Crippen LogP contribution in [0.3, 0.4) is 0 Å². The van der Waals surface area contributed by atoms with Gasteiger partial charge in [-0.1, -0.05) is 36.2 Å². The topological polar surface area (TPSA) is 6.48 Å². The number of anilines is 2. The van der Waals surface area contributed by atoms with Gasteiger partial charge in [0.25, 0.3) is 0 Å². The third kappa shape index (κ3) is 3.31. The molecule has 0 radical (unpaired) electrons. The first kappa shape index (κ1) is 16.0. The molecule has 1 saturated heterocycles. The Hall–Kier alpha value is -1.51. The predicted molar refractivity (Wildman–Crippen MR) is 103 cm³/mol. The van der Waals surface area contributed by atoms with Crippen molar-refractivity contribution in [3.63, 3.8) is 0 Å². The molecule has 0 N–H and O–H groups in total. The summed E-state index contributed by atoms with van der Waals surface area (Å²) < 4.78 is 0. The van der Waals surface area contributed by atoms with Crippen molar-refractivity contribution in [2.24, 2.45) is 0 Å². The number of hydrogen-bond donors (Lipinski definition) is 0. The Labute approximate surface area is 150 Å². The van der Waals surface area contributed by atoms with E-state index in [-0.39, 0.29) is 0 Å². The Morgan fingerprint density at radius 1 is 0.833 bits per heavy atom. The third-order valence-corrected chi connectivity index (χ3v) is 5.54.